The fourth-order valence-corrected chi connectivity index (χ4v) is 3.50. The van der Waals surface area contributed by atoms with Gasteiger partial charge in [-0.1, -0.05) is 12.8 Å². The minimum atomic E-state index is -1.33. The Labute approximate surface area is 126 Å². The number of carboxylic acids is 1. The van der Waals surface area contributed by atoms with Crippen molar-refractivity contribution in [2.45, 2.75) is 30.4 Å². The molecule has 0 bridgehead atoms. The summed E-state index contributed by atoms with van der Waals surface area (Å²) in [5, 5.41) is 23.0. The van der Waals surface area contributed by atoms with Crippen LogP contribution >= 0.6 is 11.8 Å². The summed E-state index contributed by atoms with van der Waals surface area (Å²) in [5.74, 6) is -0.967. The largest absolute Gasteiger partial charge is 0.477 e. The number of aromatic carboxylic acids is 1. The van der Waals surface area contributed by atoms with Gasteiger partial charge in [-0.15, -0.1) is 0 Å². The van der Waals surface area contributed by atoms with Crippen LogP contribution in [0.4, 0.5) is 11.5 Å². The van der Waals surface area contributed by atoms with Crippen molar-refractivity contribution >= 4 is 29.2 Å². The summed E-state index contributed by atoms with van der Waals surface area (Å²) < 4.78 is 0.146. The van der Waals surface area contributed by atoms with Gasteiger partial charge in [-0.25, -0.2) is 9.78 Å². The number of pyridine rings is 1. The van der Waals surface area contributed by atoms with Crippen molar-refractivity contribution in [1.82, 2.24) is 4.98 Å². The summed E-state index contributed by atoms with van der Waals surface area (Å²) in [4.78, 5) is 25.1. The molecule has 1 heterocycles. The van der Waals surface area contributed by atoms with E-state index in [1.165, 1.54) is 18.9 Å². The van der Waals surface area contributed by atoms with Gasteiger partial charge in [0.2, 0.25) is 0 Å². The van der Waals surface area contributed by atoms with Crippen molar-refractivity contribution in [1.29, 1.82) is 0 Å². The van der Waals surface area contributed by atoms with E-state index in [-0.39, 0.29) is 10.3 Å². The van der Waals surface area contributed by atoms with Gasteiger partial charge in [-0.3, -0.25) is 10.1 Å². The maximum Gasteiger partial charge on any atom is 0.342 e. The SMILES string of the molecule is CSC1(CNc2cc(C(=O)O)c([N+](=O)[O-])cn2)CCCC1. The third-order valence-corrected chi connectivity index (χ3v) is 5.27. The van der Waals surface area contributed by atoms with E-state index in [4.69, 9.17) is 5.11 Å². The molecule has 1 aromatic heterocycles. The molecule has 1 aliphatic carbocycles. The number of carboxylic acid groups (broad SMARTS) is 1. The van der Waals surface area contributed by atoms with E-state index < -0.39 is 16.6 Å². The summed E-state index contributed by atoms with van der Waals surface area (Å²) >= 11 is 1.80. The molecule has 2 rings (SSSR count). The molecule has 8 heteroatoms. The predicted molar refractivity (Wildman–Crippen MR) is 81.1 cm³/mol. The lowest BCUT2D eigenvalue weighted by Crippen LogP contribution is -2.30. The zero-order chi connectivity index (χ0) is 15.5. The normalized spacial score (nSPS) is 16.6. The number of rotatable bonds is 6. The quantitative estimate of drug-likeness (QED) is 0.614. The molecule has 1 saturated carbocycles. The lowest BCUT2D eigenvalue weighted by Gasteiger charge is -2.27. The van der Waals surface area contributed by atoms with Crippen LogP contribution in [0.15, 0.2) is 12.3 Å². The molecule has 1 fully saturated rings. The second kappa shape index (κ2) is 6.30. The van der Waals surface area contributed by atoms with Crippen LogP contribution in [0.2, 0.25) is 0 Å². The van der Waals surface area contributed by atoms with Gasteiger partial charge in [0.1, 0.15) is 17.6 Å². The summed E-state index contributed by atoms with van der Waals surface area (Å²) in [6.07, 6.45) is 7.66. The molecule has 21 heavy (non-hydrogen) atoms. The average molecular weight is 311 g/mol. The van der Waals surface area contributed by atoms with E-state index >= 15 is 0 Å². The van der Waals surface area contributed by atoms with Crippen molar-refractivity contribution in [3.05, 3.63) is 27.9 Å². The second-order valence-electron chi connectivity index (χ2n) is 5.10. The fraction of sp³-hybridized carbons (Fsp3) is 0.538. The van der Waals surface area contributed by atoms with Crippen LogP contribution in [0.1, 0.15) is 36.0 Å². The van der Waals surface area contributed by atoms with Crippen LogP contribution in [0, 0.1) is 10.1 Å². The summed E-state index contributed by atoms with van der Waals surface area (Å²) in [5.41, 5.74) is -0.837. The number of nitrogens with zero attached hydrogens (tertiary/aromatic N) is 2. The summed E-state index contributed by atoms with van der Waals surface area (Å²) in [7, 11) is 0. The Balaban J connectivity index is 2.15. The molecule has 0 spiro atoms. The molecular weight excluding hydrogens is 294 g/mol. The Kier molecular flexibility index (Phi) is 4.66. The average Bonchev–Trinajstić information content (AvgIpc) is 2.94. The highest BCUT2D eigenvalue weighted by atomic mass is 32.2. The smallest absolute Gasteiger partial charge is 0.342 e. The van der Waals surface area contributed by atoms with Gasteiger partial charge in [-0.05, 0) is 19.1 Å². The number of anilines is 1. The molecule has 114 valence electrons. The minimum Gasteiger partial charge on any atom is -0.477 e. The number of thioether (sulfide) groups is 1. The first-order chi connectivity index (χ1) is 9.97. The molecule has 0 saturated heterocycles. The topological polar surface area (TPSA) is 105 Å². The van der Waals surface area contributed by atoms with Crippen molar-refractivity contribution in [3.8, 4) is 0 Å². The van der Waals surface area contributed by atoms with Gasteiger partial charge in [0.25, 0.3) is 0 Å². The molecule has 1 aliphatic rings. The molecule has 0 aromatic carbocycles. The first-order valence-electron chi connectivity index (χ1n) is 6.64. The Morgan fingerprint density at radius 1 is 1.57 bits per heavy atom. The van der Waals surface area contributed by atoms with Gasteiger partial charge in [-0.2, -0.15) is 11.8 Å². The van der Waals surface area contributed by atoms with Crippen molar-refractivity contribution < 1.29 is 14.8 Å². The Bertz CT molecular complexity index is 558. The van der Waals surface area contributed by atoms with E-state index in [0.717, 1.165) is 19.0 Å². The van der Waals surface area contributed by atoms with E-state index in [9.17, 15) is 14.9 Å². The highest BCUT2D eigenvalue weighted by Gasteiger charge is 2.33. The van der Waals surface area contributed by atoms with E-state index in [1.54, 1.807) is 11.8 Å². The van der Waals surface area contributed by atoms with Gasteiger partial charge in [0.15, 0.2) is 0 Å². The molecule has 7 nitrogen and oxygen atoms in total. The Morgan fingerprint density at radius 3 is 2.76 bits per heavy atom. The summed E-state index contributed by atoms with van der Waals surface area (Å²) in [6.45, 7) is 0.679. The van der Waals surface area contributed by atoms with Gasteiger partial charge in [0.05, 0.1) is 4.92 Å². The third kappa shape index (κ3) is 3.44. The number of carbonyl (C=O) groups is 1. The number of hydrogen-bond donors (Lipinski definition) is 2. The van der Waals surface area contributed by atoms with Crippen LogP contribution in [-0.2, 0) is 0 Å². The molecule has 0 amide bonds. The van der Waals surface area contributed by atoms with Crippen LogP contribution in [0.5, 0.6) is 0 Å². The summed E-state index contributed by atoms with van der Waals surface area (Å²) in [6, 6.07) is 1.23. The van der Waals surface area contributed by atoms with Crippen LogP contribution in [0.25, 0.3) is 0 Å². The van der Waals surface area contributed by atoms with Crippen LogP contribution in [0.3, 0.4) is 0 Å². The number of aromatic nitrogens is 1. The third-order valence-electron chi connectivity index (χ3n) is 3.85. The maximum absolute atomic E-state index is 11.1. The zero-order valence-corrected chi connectivity index (χ0v) is 12.5. The molecule has 0 atom stereocenters. The predicted octanol–water partition coefficient (Wildman–Crippen LogP) is 2.78. The number of hydrogen-bond acceptors (Lipinski definition) is 6. The zero-order valence-electron chi connectivity index (χ0n) is 11.7. The molecule has 0 aliphatic heterocycles. The van der Waals surface area contributed by atoms with Crippen molar-refractivity contribution in [3.63, 3.8) is 0 Å². The number of nitro groups is 1. The van der Waals surface area contributed by atoms with Gasteiger partial charge in [0, 0.05) is 17.4 Å². The number of nitrogens with one attached hydrogen (secondary N) is 1. The molecular formula is C13H17N3O4S. The standard InChI is InChI=1S/C13H17N3O4S/c1-21-13(4-2-3-5-13)8-15-11-6-9(12(17)18)10(7-14-11)16(19)20/h6-7H,2-5,8H2,1H3,(H,14,15)(H,17,18). The van der Waals surface area contributed by atoms with E-state index in [2.05, 4.69) is 16.6 Å². The van der Waals surface area contributed by atoms with Gasteiger partial charge >= 0.3 is 11.7 Å². The van der Waals surface area contributed by atoms with E-state index in [0.29, 0.717) is 12.4 Å². The highest BCUT2D eigenvalue weighted by molar-refractivity contribution is 8.00. The van der Waals surface area contributed by atoms with Gasteiger partial charge < -0.3 is 10.4 Å². The second-order valence-corrected chi connectivity index (χ2v) is 6.37. The first-order valence-corrected chi connectivity index (χ1v) is 7.87. The fourth-order valence-electron chi connectivity index (χ4n) is 2.59. The molecule has 0 unspecified atom stereocenters. The van der Waals surface area contributed by atoms with E-state index in [1.807, 2.05) is 0 Å². The van der Waals surface area contributed by atoms with Crippen LogP contribution in [-0.4, -0.2) is 38.5 Å². The lowest BCUT2D eigenvalue weighted by molar-refractivity contribution is -0.385. The Hall–Kier alpha value is -1.83. The molecule has 0 radical (unpaired) electrons. The van der Waals surface area contributed by atoms with Crippen LogP contribution < -0.4 is 5.32 Å². The maximum atomic E-state index is 11.1. The first kappa shape index (κ1) is 15.6. The minimum absolute atomic E-state index is 0.146. The van der Waals surface area contributed by atoms with Crippen molar-refractivity contribution in [2.75, 3.05) is 18.1 Å². The molecule has 1 aromatic rings. The van der Waals surface area contributed by atoms with Crippen molar-refractivity contribution in [2.24, 2.45) is 0 Å². The lowest BCUT2D eigenvalue weighted by atomic mass is 10.1. The Morgan fingerprint density at radius 2 is 2.24 bits per heavy atom. The monoisotopic (exact) mass is 311 g/mol. The molecule has 2 N–H and O–H groups in total. The highest BCUT2D eigenvalue weighted by Crippen LogP contribution is 2.40.